The molecule has 0 saturated carbocycles. The van der Waals surface area contributed by atoms with Gasteiger partial charge in [0.25, 0.3) is 5.91 Å². The Balaban J connectivity index is 0.00000242. The smallest absolute Gasteiger partial charge is 0.255 e. The third-order valence-electron chi connectivity index (χ3n) is 7.95. The van der Waals surface area contributed by atoms with Crippen molar-refractivity contribution in [1.82, 2.24) is 25.0 Å². The molecule has 212 valence electrons. The molecule has 1 fully saturated rings. The molecule has 1 unspecified atom stereocenters. The molecule has 8 nitrogen and oxygen atoms in total. The van der Waals surface area contributed by atoms with Crippen LogP contribution >= 0.6 is 0 Å². The van der Waals surface area contributed by atoms with Gasteiger partial charge in [-0.05, 0) is 61.6 Å². The number of likely N-dealkylation sites (tertiary alicyclic amines) is 1. The van der Waals surface area contributed by atoms with Crippen LogP contribution in [0.15, 0.2) is 67.7 Å². The van der Waals surface area contributed by atoms with Gasteiger partial charge in [-0.2, -0.15) is 5.10 Å². The number of carbonyl (C=O) groups excluding carboxylic acids is 1. The molecule has 8 heteroatoms. The molecule has 3 aromatic rings. The van der Waals surface area contributed by atoms with Crippen LogP contribution in [0.3, 0.4) is 0 Å². The van der Waals surface area contributed by atoms with E-state index in [1.54, 1.807) is 23.0 Å². The number of rotatable bonds is 11. The van der Waals surface area contributed by atoms with Crippen molar-refractivity contribution in [2.45, 2.75) is 38.6 Å². The zero-order chi connectivity index (χ0) is 28.3. The van der Waals surface area contributed by atoms with Gasteiger partial charge < -0.3 is 15.6 Å². The molecule has 5 rings (SSSR count). The van der Waals surface area contributed by atoms with Crippen molar-refractivity contribution in [3.05, 3.63) is 89.8 Å². The molecule has 1 aliphatic heterocycles. The van der Waals surface area contributed by atoms with Gasteiger partial charge in [0.15, 0.2) is 0 Å². The van der Waals surface area contributed by atoms with Crippen LogP contribution in [0.1, 0.15) is 45.9 Å². The highest BCUT2D eigenvalue weighted by atomic mass is 16.1. The second kappa shape index (κ2) is 11.7. The predicted octanol–water partition coefficient (Wildman–Crippen LogP) is 4.89. The van der Waals surface area contributed by atoms with Gasteiger partial charge in [0.05, 0.1) is 28.5 Å². The summed E-state index contributed by atoms with van der Waals surface area (Å²) in [5.74, 6) is 0.520. The number of carbonyl (C=O) groups is 1. The Morgan fingerprint density at radius 3 is 2.77 bits per heavy atom. The summed E-state index contributed by atoms with van der Waals surface area (Å²) >= 11 is 0. The van der Waals surface area contributed by atoms with Gasteiger partial charge in [0.1, 0.15) is 0 Å². The summed E-state index contributed by atoms with van der Waals surface area (Å²) in [7, 11) is 1.85. The number of aryl methyl sites for hydroxylation is 2. The van der Waals surface area contributed by atoms with E-state index >= 15 is 0 Å². The number of amides is 1. The first-order chi connectivity index (χ1) is 19.3. The van der Waals surface area contributed by atoms with Crippen LogP contribution in [0.2, 0.25) is 0 Å². The molecule has 1 atom stereocenters. The molecule has 0 bridgehead atoms. The fourth-order valence-electron chi connectivity index (χ4n) is 5.48. The van der Waals surface area contributed by atoms with Crippen LogP contribution in [0, 0.1) is 18.3 Å². The third kappa shape index (κ3) is 6.29. The van der Waals surface area contributed by atoms with Gasteiger partial charge in [-0.25, -0.2) is 0 Å². The monoisotopic (exact) mass is 541 g/mol. The number of anilines is 1. The highest BCUT2D eigenvalue weighted by molar-refractivity contribution is 6.24. The van der Waals surface area contributed by atoms with Crippen molar-refractivity contribution in [2.75, 3.05) is 31.5 Å². The Morgan fingerprint density at radius 1 is 1.23 bits per heavy atom. The van der Waals surface area contributed by atoms with Crippen molar-refractivity contribution < 1.29 is 7.65 Å². The van der Waals surface area contributed by atoms with Crippen LogP contribution < -0.4 is 16.0 Å². The molecule has 1 amide bonds. The van der Waals surface area contributed by atoms with Crippen LogP contribution in [0.4, 0.5) is 5.69 Å². The second-order valence-corrected chi connectivity index (χ2v) is 11.1. The topological polar surface area (TPSA) is 98.9 Å². The normalized spacial score (nSPS) is 17.6. The molecule has 0 spiro atoms. The number of hydrogen-bond acceptors (Lipinski definition) is 6. The maximum Gasteiger partial charge on any atom is 0.255 e. The number of aromatic nitrogens is 3. The number of nitrogens with one attached hydrogen (secondary N) is 3. The van der Waals surface area contributed by atoms with Crippen molar-refractivity contribution in [2.24, 2.45) is 13.0 Å². The minimum Gasteiger partial charge on any atom is -0.320 e. The van der Waals surface area contributed by atoms with E-state index in [1.807, 2.05) is 44.6 Å². The molecular formula is C32H43N7O. The maximum atomic E-state index is 13.3. The highest BCUT2D eigenvalue weighted by Crippen LogP contribution is 2.37. The lowest BCUT2D eigenvalue weighted by Gasteiger charge is -2.22. The van der Waals surface area contributed by atoms with Crippen LogP contribution in [-0.4, -0.2) is 51.8 Å². The van der Waals surface area contributed by atoms with E-state index in [4.69, 9.17) is 5.41 Å². The minimum atomic E-state index is -0.322. The quantitative estimate of drug-likeness (QED) is 0.237. The summed E-state index contributed by atoms with van der Waals surface area (Å²) in [5, 5.41) is 19.6. The van der Waals surface area contributed by atoms with Gasteiger partial charge in [-0.1, -0.05) is 44.2 Å². The van der Waals surface area contributed by atoms with E-state index in [1.165, 1.54) is 32.4 Å². The Hall–Kier alpha value is -3.88. The van der Waals surface area contributed by atoms with Gasteiger partial charge in [-0.3, -0.25) is 19.8 Å². The van der Waals surface area contributed by atoms with Crippen LogP contribution in [0.5, 0.6) is 0 Å². The molecule has 0 radical (unpaired) electrons. The Labute approximate surface area is 239 Å². The summed E-state index contributed by atoms with van der Waals surface area (Å²) in [6.45, 7) is 12.5. The molecule has 1 saturated heterocycles. The lowest BCUT2D eigenvalue weighted by Crippen LogP contribution is -2.37. The van der Waals surface area contributed by atoms with Crippen molar-refractivity contribution in [1.29, 1.82) is 5.41 Å². The summed E-state index contributed by atoms with van der Waals surface area (Å²) in [6, 6.07) is 9.11. The second-order valence-electron chi connectivity index (χ2n) is 11.1. The van der Waals surface area contributed by atoms with E-state index in [-0.39, 0.29) is 25.2 Å². The lowest BCUT2D eigenvalue weighted by atomic mass is 10.0. The van der Waals surface area contributed by atoms with Crippen LogP contribution in [0.25, 0.3) is 16.7 Å². The Bertz CT molecular complexity index is 1510. The molecule has 1 aliphatic carbocycles. The highest BCUT2D eigenvalue weighted by Gasteiger charge is 2.36. The first kappa shape index (κ1) is 27.7. The minimum absolute atomic E-state index is 0. The first-order valence-electron chi connectivity index (χ1n) is 14.1. The third-order valence-corrected chi connectivity index (χ3v) is 7.95. The largest absolute Gasteiger partial charge is 0.320 e. The van der Waals surface area contributed by atoms with E-state index in [2.05, 4.69) is 51.3 Å². The van der Waals surface area contributed by atoms with Crippen molar-refractivity contribution in [3.63, 3.8) is 0 Å². The van der Waals surface area contributed by atoms with Crippen molar-refractivity contribution in [3.8, 4) is 11.1 Å². The van der Waals surface area contributed by atoms with Gasteiger partial charge in [0.2, 0.25) is 0 Å². The van der Waals surface area contributed by atoms with Crippen molar-refractivity contribution >= 4 is 17.2 Å². The standard InChI is InChI=1S/C32H39N7O.2H2/c1-5-6-24-9-13-39(20-24)14-12-35-32(10-11-32)28-17-30(23(3)34-19-28)37-31(40)22(2)25-7-8-26(16-29(33)15-25)27-18-36-38(4)21-27;;/h7-8,10-11,15-19,21,24,33,35H,2,5-6,9,12-14,20H2,1,3-4H3,(H,37,40);2*1H. The van der Waals surface area contributed by atoms with Gasteiger partial charge >= 0.3 is 0 Å². The zero-order valence-electron chi connectivity index (χ0n) is 23.7. The lowest BCUT2D eigenvalue weighted by molar-refractivity contribution is -0.111. The Morgan fingerprint density at radius 2 is 2.05 bits per heavy atom. The number of hydrogen-bond donors (Lipinski definition) is 3. The molecule has 3 heterocycles. The molecule has 3 N–H and O–H groups in total. The summed E-state index contributed by atoms with van der Waals surface area (Å²) in [6.07, 6.45) is 13.7. The number of pyridine rings is 1. The van der Waals surface area contributed by atoms with Gasteiger partial charge in [-0.15, -0.1) is 0 Å². The fourth-order valence-corrected chi connectivity index (χ4v) is 5.48. The average Bonchev–Trinajstić information content (AvgIpc) is 3.46. The molecule has 40 heavy (non-hydrogen) atoms. The first-order valence-corrected chi connectivity index (χ1v) is 14.1. The summed E-state index contributed by atoms with van der Waals surface area (Å²) < 4.78 is 1.72. The SMILES string of the molecule is C=C(C(=O)Nc1cc(C2(NCCN3CCC(CCC)C3)C=C2)cnc1C)c1ccc(-c2cnn(C)c2)cc(=N)c1.[HH].[HH]. The van der Waals surface area contributed by atoms with Gasteiger partial charge in [0, 0.05) is 58.6 Å². The average molecular weight is 542 g/mol. The summed E-state index contributed by atoms with van der Waals surface area (Å²) in [5.41, 5.74) is 4.72. The van der Waals surface area contributed by atoms with E-state index < -0.39 is 0 Å². The zero-order valence-corrected chi connectivity index (χ0v) is 23.7. The van der Waals surface area contributed by atoms with E-state index in [9.17, 15) is 4.79 Å². The maximum absolute atomic E-state index is 13.3. The van der Waals surface area contributed by atoms with E-state index in [0.29, 0.717) is 11.3 Å². The molecule has 2 aliphatic rings. The predicted molar refractivity (Wildman–Crippen MR) is 164 cm³/mol. The summed E-state index contributed by atoms with van der Waals surface area (Å²) in [4.78, 5) is 20.4. The number of nitrogens with zero attached hydrogens (tertiary/aromatic N) is 4. The molecular weight excluding hydrogens is 498 g/mol. The van der Waals surface area contributed by atoms with E-state index in [0.717, 1.165) is 41.4 Å². The fraction of sp³-hybridized carbons (Fsp3) is 0.375. The molecule has 2 aromatic heterocycles. The molecule has 1 aromatic carbocycles. The van der Waals surface area contributed by atoms with Crippen LogP contribution in [-0.2, 0) is 17.4 Å². The Kier molecular flexibility index (Phi) is 8.09.